The number of aromatic nitrogens is 2. The van der Waals surface area contributed by atoms with Gasteiger partial charge in [-0.3, -0.25) is 0 Å². The molecule has 0 bridgehead atoms. The number of thioether (sulfide) groups is 1. The van der Waals surface area contributed by atoms with Crippen molar-refractivity contribution in [2.24, 2.45) is 0 Å². The molecule has 0 unspecified atom stereocenters. The maximum absolute atomic E-state index is 4.66. The molecule has 2 aromatic rings. The van der Waals surface area contributed by atoms with Crippen LogP contribution in [0.2, 0.25) is 0 Å². The third-order valence-corrected chi connectivity index (χ3v) is 5.45. The van der Waals surface area contributed by atoms with Crippen LogP contribution in [0.1, 0.15) is 51.4 Å². The number of fused-ring (bicyclic) bond motifs is 1. The van der Waals surface area contributed by atoms with Crippen LogP contribution in [0.15, 0.2) is 29.4 Å². The van der Waals surface area contributed by atoms with Crippen LogP contribution in [0.5, 0.6) is 0 Å². The highest BCUT2D eigenvalue weighted by Gasteiger charge is 2.13. The largest absolute Gasteiger partial charge is 0.356 e. The highest BCUT2D eigenvalue weighted by atomic mass is 32.2. The van der Waals surface area contributed by atoms with E-state index in [1.807, 2.05) is 0 Å². The zero-order valence-corrected chi connectivity index (χ0v) is 14.9. The van der Waals surface area contributed by atoms with Gasteiger partial charge in [-0.25, -0.2) is 9.97 Å². The number of hydrogen-bond acceptors (Lipinski definition) is 4. The second kappa shape index (κ2) is 8.53. The molecule has 0 N–H and O–H groups in total. The summed E-state index contributed by atoms with van der Waals surface area (Å²) in [7, 11) is 0. The Bertz CT molecular complexity index is 617. The Morgan fingerprint density at radius 2 is 1.52 bits per heavy atom. The van der Waals surface area contributed by atoms with Gasteiger partial charge in [0.1, 0.15) is 12.1 Å². The van der Waals surface area contributed by atoms with Crippen molar-refractivity contribution >= 4 is 28.5 Å². The minimum absolute atomic E-state index is 1.06. The molecule has 124 valence electrons. The molecule has 0 aliphatic carbocycles. The van der Waals surface area contributed by atoms with Crippen molar-refractivity contribution in [2.45, 2.75) is 56.3 Å². The van der Waals surface area contributed by atoms with E-state index in [4.69, 9.17) is 0 Å². The molecule has 0 radical (unpaired) electrons. The normalized spacial score (nSPS) is 17.9. The molecule has 1 aliphatic heterocycles. The summed E-state index contributed by atoms with van der Waals surface area (Å²) in [6, 6.07) is 6.52. The monoisotopic (exact) mass is 329 g/mol. The van der Waals surface area contributed by atoms with Gasteiger partial charge in [0.25, 0.3) is 0 Å². The molecule has 1 saturated heterocycles. The molecule has 1 aliphatic rings. The lowest BCUT2D eigenvalue weighted by atomic mass is 10.1. The van der Waals surface area contributed by atoms with Crippen molar-refractivity contribution in [1.29, 1.82) is 0 Å². The minimum atomic E-state index is 1.06. The molecule has 1 fully saturated rings. The summed E-state index contributed by atoms with van der Waals surface area (Å²) < 4.78 is 0. The Morgan fingerprint density at radius 3 is 2.17 bits per heavy atom. The average Bonchev–Trinajstić information content (AvgIpc) is 2.66. The van der Waals surface area contributed by atoms with Crippen molar-refractivity contribution in [3.8, 4) is 0 Å². The number of nitrogens with zero attached hydrogens (tertiary/aromatic N) is 3. The van der Waals surface area contributed by atoms with Crippen LogP contribution in [0.3, 0.4) is 0 Å². The van der Waals surface area contributed by atoms with Gasteiger partial charge in [0, 0.05) is 23.4 Å². The number of hydrogen-bond donors (Lipinski definition) is 0. The lowest BCUT2D eigenvalue weighted by molar-refractivity contribution is 0.591. The fourth-order valence-corrected chi connectivity index (χ4v) is 3.83. The topological polar surface area (TPSA) is 29.0 Å². The van der Waals surface area contributed by atoms with Crippen molar-refractivity contribution in [2.75, 3.05) is 24.2 Å². The molecule has 1 aromatic heterocycles. The van der Waals surface area contributed by atoms with Crippen molar-refractivity contribution < 1.29 is 0 Å². The zero-order valence-electron chi connectivity index (χ0n) is 14.1. The van der Waals surface area contributed by atoms with E-state index >= 15 is 0 Å². The summed E-state index contributed by atoms with van der Waals surface area (Å²) in [6.45, 7) is 2.24. The fraction of sp³-hybridized carbons (Fsp3) is 0.579. The molecular formula is C19H27N3S. The molecule has 2 heterocycles. The Hall–Kier alpha value is -1.29. The molecule has 4 heteroatoms. The van der Waals surface area contributed by atoms with E-state index in [1.54, 1.807) is 18.1 Å². The fourth-order valence-electron chi connectivity index (χ4n) is 3.39. The molecule has 1 aromatic carbocycles. The Labute approximate surface area is 143 Å². The van der Waals surface area contributed by atoms with Gasteiger partial charge in [-0.15, -0.1) is 11.8 Å². The highest BCUT2D eigenvalue weighted by Crippen LogP contribution is 2.28. The third-order valence-electron chi connectivity index (χ3n) is 4.73. The van der Waals surface area contributed by atoms with Crippen LogP contribution in [0, 0.1) is 0 Å². The number of benzene rings is 1. The van der Waals surface area contributed by atoms with E-state index < -0.39 is 0 Å². The molecule has 0 saturated carbocycles. The number of rotatable bonds is 2. The first-order valence-electron chi connectivity index (χ1n) is 8.92. The quantitative estimate of drug-likeness (QED) is 0.700. The van der Waals surface area contributed by atoms with Crippen LogP contribution in [-0.4, -0.2) is 29.3 Å². The molecule has 3 rings (SSSR count). The summed E-state index contributed by atoms with van der Waals surface area (Å²) >= 11 is 1.78. The summed E-state index contributed by atoms with van der Waals surface area (Å²) in [5.74, 6) is 1.13. The molecule has 3 nitrogen and oxygen atoms in total. The summed E-state index contributed by atoms with van der Waals surface area (Å²) in [5, 5.41) is 1.20. The maximum Gasteiger partial charge on any atom is 0.139 e. The van der Waals surface area contributed by atoms with E-state index in [9.17, 15) is 0 Å². The van der Waals surface area contributed by atoms with Crippen LogP contribution in [0.25, 0.3) is 10.9 Å². The zero-order chi connectivity index (χ0) is 15.9. The Balaban J connectivity index is 1.88. The third kappa shape index (κ3) is 4.37. The van der Waals surface area contributed by atoms with Gasteiger partial charge in [0.15, 0.2) is 0 Å². The van der Waals surface area contributed by atoms with Gasteiger partial charge < -0.3 is 4.90 Å². The second-order valence-corrected chi connectivity index (χ2v) is 7.28. The first-order chi connectivity index (χ1) is 11.4. The van der Waals surface area contributed by atoms with Gasteiger partial charge in [0.2, 0.25) is 0 Å². The van der Waals surface area contributed by atoms with Gasteiger partial charge in [-0.1, -0.05) is 38.5 Å². The average molecular weight is 330 g/mol. The summed E-state index contributed by atoms with van der Waals surface area (Å²) in [4.78, 5) is 12.9. The lowest BCUT2D eigenvalue weighted by Gasteiger charge is -2.25. The van der Waals surface area contributed by atoms with E-state index in [0.29, 0.717) is 0 Å². The summed E-state index contributed by atoms with van der Waals surface area (Å²) in [5.41, 5.74) is 1.06. The SMILES string of the molecule is CSc1ccc2ncnc(N3CCCCCCCCCC3)c2c1. The molecule has 23 heavy (non-hydrogen) atoms. The molecule has 0 atom stereocenters. The highest BCUT2D eigenvalue weighted by molar-refractivity contribution is 7.98. The van der Waals surface area contributed by atoms with E-state index in [1.165, 1.54) is 61.6 Å². The van der Waals surface area contributed by atoms with Gasteiger partial charge in [0.05, 0.1) is 5.52 Å². The first kappa shape index (κ1) is 16.6. The molecule has 0 amide bonds. The minimum Gasteiger partial charge on any atom is -0.356 e. The second-order valence-electron chi connectivity index (χ2n) is 6.40. The predicted octanol–water partition coefficient (Wildman–Crippen LogP) is 5.29. The number of anilines is 1. The maximum atomic E-state index is 4.66. The van der Waals surface area contributed by atoms with Crippen LogP contribution in [0.4, 0.5) is 5.82 Å². The first-order valence-corrected chi connectivity index (χ1v) is 10.1. The lowest BCUT2D eigenvalue weighted by Crippen LogP contribution is -2.27. The van der Waals surface area contributed by atoms with Crippen molar-refractivity contribution in [3.05, 3.63) is 24.5 Å². The smallest absolute Gasteiger partial charge is 0.139 e. The van der Waals surface area contributed by atoms with E-state index in [0.717, 1.165) is 24.4 Å². The Morgan fingerprint density at radius 1 is 0.870 bits per heavy atom. The summed E-state index contributed by atoms with van der Waals surface area (Å²) in [6.07, 6.45) is 14.7. The van der Waals surface area contributed by atoms with Crippen LogP contribution in [-0.2, 0) is 0 Å². The predicted molar refractivity (Wildman–Crippen MR) is 100 cm³/mol. The standard InChI is InChI=1S/C19H27N3S/c1-23-16-10-11-18-17(14-16)19(21-15-20-18)22-12-8-6-4-2-3-5-7-9-13-22/h10-11,14-15H,2-9,12-13H2,1H3. The van der Waals surface area contributed by atoms with Gasteiger partial charge in [-0.2, -0.15) is 0 Å². The van der Waals surface area contributed by atoms with Crippen LogP contribution >= 0.6 is 11.8 Å². The molecule has 0 spiro atoms. The van der Waals surface area contributed by atoms with E-state index in [2.05, 4.69) is 39.3 Å². The van der Waals surface area contributed by atoms with Crippen LogP contribution < -0.4 is 4.90 Å². The van der Waals surface area contributed by atoms with Crippen molar-refractivity contribution in [1.82, 2.24) is 9.97 Å². The Kier molecular flexibility index (Phi) is 6.14. The van der Waals surface area contributed by atoms with Gasteiger partial charge in [-0.05, 0) is 37.3 Å². The molecular weight excluding hydrogens is 302 g/mol. The van der Waals surface area contributed by atoms with Gasteiger partial charge >= 0.3 is 0 Å². The van der Waals surface area contributed by atoms with E-state index in [-0.39, 0.29) is 0 Å². The van der Waals surface area contributed by atoms with Crippen molar-refractivity contribution in [3.63, 3.8) is 0 Å².